The molecule has 1 unspecified atom stereocenters. The summed E-state index contributed by atoms with van der Waals surface area (Å²) in [6.45, 7) is 6.96. The minimum absolute atomic E-state index is 0.121. The predicted octanol–water partition coefficient (Wildman–Crippen LogP) is 3.05. The van der Waals surface area contributed by atoms with Gasteiger partial charge in [0.05, 0.1) is 17.6 Å². The van der Waals surface area contributed by atoms with Crippen LogP contribution in [-0.4, -0.2) is 54.2 Å². The average Bonchev–Trinajstić information content (AvgIpc) is 3.06. The molecule has 1 fully saturated rings. The molecule has 1 heterocycles. The molecule has 1 saturated heterocycles. The molecule has 0 saturated carbocycles. The monoisotopic (exact) mass is 379 g/mol. The fourth-order valence-corrected chi connectivity index (χ4v) is 2.83. The fraction of sp³-hybridized carbons (Fsp3) is 0.556. The standard InChI is InChI=1S/C18H25N3O6/c1-18(2,3)27-17(23)20-8-7-12(11-20)10-19-14-9-13(16(22)26-4)5-6-15(14)21(24)25/h5-6,9,12,19H,7-8,10-11H2,1-4H3. The Morgan fingerprint density at radius 1 is 1.37 bits per heavy atom. The molecule has 0 aliphatic carbocycles. The van der Waals surface area contributed by atoms with Crippen LogP contribution in [0.5, 0.6) is 0 Å². The maximum Gasteiger partial charge on any atom is 0.410 e. The van der Waals surface area contributed by atoms with Crippen molar-refractivity contribution >= 4 is 23.4 Å². The van der Waals surface area contributed by atoms with Crippen molar-refractivity contribution in [3.63, 3.8) is 0 Å². The Morgan fingerprint density at radius 2 is 2.07 bits per heavy atom. The number of rotatable bonds is 5. The van der Waals surface area contributed by atoms with Gasteiger partial charge in [-0.15, -0.1) is 0 Å². The smallest absolute Gasteiger partial charge is 0.410 e. The van der Waals surface area contributed by atoms with E-state index in [0.29, 0.717) is 19.6 Å². The summed E-state index contributed by atoms with van der Waals surface area (Å²) >= 11 is 0. The first-order valence-electron chi connectivity index (χ1n) is 8.69. The molecule has 1 aliphatic heterocycles. The Bertz CT molecular complexity index is 728. The third-order valence-electron chi connectivity index (χ3n) is 4.13. The summed E-state index contributed by atoms with van der Waals surface area (Å²) in [5.74, 6) is -0.441. The molecule has 1 aliphatic rings. The van der Waals surface area contributed by atoms with Crippen molar-refractivity contribution < 1.29 is 24.0 Å². The summed E-state index contributed by atoms with van der Waals surface area (Å²) in [6, 6.07) is 4.04. The summed E-state index contributed by atoms with van der Waals surface area (Å²) < 4.78 is 10.0. The van der Waals surface area contributed by atoms with Crippen molar-refractivity contribution in [1.82, 2.24) is 4.90 Å². The summed E-state index contributed by atoms with van der Waals surface area (Å²) in [5, 5.41) is 14.3. The topological polar surface area (TPSA) is 111 Å². The highest BCUT2D eigenvalue weighted by Gasteiger charge is 2.30. The number of methoxy groups -OCH3 is 1. The van der Waals surface area contributed by atoms with Crippen LogP contribution >= 0.6 is 0 Å². The Hall–Kier alpha value is -2.84. The Labute approximate surface area is 157 Å². The molecule has 9 heteroatoms. The molecule has 0 radical (unpaired) electrons. The van der Waals surface area contributed by atoms with Gasteiger partial charge in [0.1, 0.15) is 11.3 Å². The fourth-order valence-electron chi connectivity index (χ4n) is 2.83. The van der Waals surface area contributed by atoms with E-state index in [2.05, 4.69) is 10.1 Å². The van der Waals surface area contributed by atoms with E-state index >= 15 is 0 Å². The number of anilines is 1. The van der Waals surface area contributed by atoms with Crippen LogP contribution in [-0.2, 0) is 9.47 Å². The van der Waals surface area contributed by atoms with Gasteiger partial charge in [-0.25, -0.2) is 9.59 Å². The molecule has 1 N–H and O–H groups in total. The molecule has 1 atom stereocenters. The van der Waals surface area contributed by atoms with Gasteiger partial charge in [-0.1, -0.05) is 0 Å². The first-order valence-corrected chi connectivity index (χ1v) is 8.69. The molecule has 1 aromatic carbocycles. The summed E-state index contributed by atoms with van der Waals surface area (Å²) in [5.41, 5.74) is -0.196. The van der Waals surface area contributed by atoms with Crippen molar-refractivity contribution in [1.29, 1.82) is 0 Å². The number of ether oxygens (including phenoxy) is 2. The van der Waals surface area contributed by atoms with Crippen LogP contribution in [0.1, 0.15) is 37.6 Å². The zero-order chi connectivity index (χ0) is 20.2. The number of hydrogen-bond donors (Lipinski definition) is 1. The van der Waals surface area contributed by atoms with Crippen molar-refractivity contribution in [3.8, 4) is 0 Å². The SMILES string of the molecule is COC(=O)c1ccc([N+](=O)[O-])c(NCC2CCN(C(=O)OC(C)(C)C)C2)c1. The maximum atomic E-state index is 12.1. The van der Waals surface area contributed by atoms with Gasteiger partial charge in [0.15, 0.2) is 0 Å². The molecule has 27 heavy (non-hydrogen) atoms. The number of nitro benzene ring substituents is 1. The molecule has 1 amide bonds. The van der Waals surface area contributed by atoms with Crippen molar-refractivity contribution in [2.45, 2.75) is 32.8 Å². The normalized spacial score (nSPS) is 16.7. The highest BCUT2D eigenvalue weighted by Crippen LogP contribution is 2.27. The van der Waals surface area contributed by atoms with Crippen LogP contribution in [0.4, 0.5) is 16.2 Å². The van der Waals surface area contributed by atoms with E-state index < -0.39 is 16.5 Å². The second-order valence-electron chi connectivity index (χ2n) is 7.44. The minimum Gasteiger partial charge on any atom is -0.465 e. The number of nitrogens with zero attached hydrogens (tertiary/aromatic N) is 2. The van der Waals surface area contributed by atoms with E-state index in [4.69, 9.17) is 4.74 Å². The van der Waals surface area contributed by atoms with Gasteiger partial charge in [-0.2, -0.15) is 0 Å². The summed E-state index contributed by atoms with van der Waals surface area (Å²) in [6.07, 6.45) is 0.403. The summed E-state index contributed by atoms with van der Waals surface area (Å²) in [4.78, 5) is 36.1. The average molecular weight is 379 g/mol. The molecular weight excluding hydrogens is 354 g/mol. The molecule has 148 valence electrons. The molecule has 0 bridgehead atoms. The van der Waals surface area contributed by atoms with Crippen molar-refractivity contribution in [3.05, 3.63) is 33.9 Å². The van der Waals surface area contributed by atoms with Gasteiger partial charge in [-0.05, 0) is 45.2 Å². The Morgan fingerprint density at radius 3 is 2.67 bits per heavy atom. The lowest BCUT2D eigenvalue weighted by atomic mass is 10.1. The van der Waals surface area contributed by atoms with E-state index in [1.54, 1.807) is 4.90 Å². The van der Waals surface area contributed by atoms with Crippen LogP contribution in [0.15, 0.2) is 18.2 Å². The van der Waals surface area contributed by atoms with Gasteiger partial charge in [0.2, 0.25) is 0 Å². The lowest BCUT2D eigenvalue weighted by Gasteiger charge is -2.24. The zero-order valence-electron chi connectivity index (χ0n) is 16.0. The molecule has 2 rings (SSSR count). The number of carbonyl (C=O) groups excluding carboxylic acids is 2. The molecule has 1 aromatic rings. The number of likely N-dealkylation sites (tertiary alicyclic amines) is 1. The van der Waals surface area contributed by atoms with Crippen LogP contribution in [0.2, 0.25) is 0 Å². The number of hydrogen-bond acceptors (Lipinski definition) is 7. The number of carbonyl (C=O) groups is 2. The minimum atomic E-state index is -0.565. The van der Waals surface area contributed by atoms with E-state index in [1.165, 1.54) is 25.3 Å². The van der Waals surface area contributed by atoms with E-state index in [9.17, 15) is 19.7 Å². The highest BCUT2D eigenvalue weighted by molar-refractivity contribution is 5.91. The molecule has 0 aromatic heterocycles. The third kappa shape index (κ3) is 5.57. The first kappa shape index (κ1) is 20.5. The van der Waals surface area contributed by atoms with Crippen LogP contribution in [0.25, 0.3) is 0 Å². The second kappa shape index (κ2) is 8.24. The molecule has 0 spiro atoms. The van der Waals surface area contributed by atoms with Crippen LogP contribution < -0.4 is 5.32 Å². The lowest BCUT2D eigenvalue weighted by molar-refractivity contribution is -0.384. The lowest BCUT2D eigenvalue weighted by Crippen LogP contribution is -2.35. The summed E-state index contributed by atoms with van der Waals surface area (Å²) in [7, 11) is 1.25. The van der Waals surface area contributed by atoms with Gasteiger partial charge < -0.3 is 19.7 Å². The molecule has 9 nitrogen and oxygen atoms in total. The van der Waals surface area contributed by atoms with Crippen molar-refractivity contribution in [2.75, 3.05) is 32.1 Å². The quantitative estimate of drug-likeness (QED) is 0.475. The number of nitro groups is 1. The number of amides is 1. The predicted molar refractivity (Wildman–Crippen MR) is 98.8 cm³/mol. The van der Waals surface area contributed by atoms with E-state index in [-0.39, 0.29) is 28.9 Å². The van der Waals surface area contributed by atoms with Gasteiger partial charge >= 0.3 is 12.1 Å². The van der Waals surface area contributed by atoms with Crippen molar-refractivity contribution in [2.24, 2.45) is 5.92 Å². The van der Waals surface area contributed by atoms with Crippen LogP contribution in [0, 0.1) is 16.0 Å². The van der Waals surface area contributed by atoms with E-state index in [0.717, 1.165) is 6.42 Å². The third-order valence-corrected chi connectivity index (χ3v) is 4.13. The van der Waals surface area contributed by atoms with E-state index in [1.807, 2.05) is 20.8 Å². The number of nitrogens with one attached hydrogen (secondary N) is 1. The highest BCUT2D eigenvalue weighted by atomic mass is 16.6. The zero-order valence-corrected chi connectivity index (χ0v) is 16.0. The number of esters is 1. The number of benzene rings is 1. The van der Waals surface area contributed by atoms with Crippen LogP contribution in [0.3, 0.4) is 0 Å². The Kier molecular flexibility index (Phi) is 6.24. The largest absolute Gasteiger partial charge is 0.465 e. The van der Waals surface area contributed by atoms with Gasteiger partial charge in [0, 0.05) is 25.7 Å². The first-order chi connectivity index (χ1) is 12.6. The Balaban J connectivity index is 2.01. The maximum absolute atomic E-state index is 12.1. The second-order valence-corrected chi connectivity index (χ2v) is 7.44. The molecular formula is C18H25N3O6. The van der Waals surface area contributed by atoms with Gasteiger partial charge in [0.25, 0.3) is 5.69 Å². The van der Waals surface area contributed by atoms with Gasteiger partial charge in [-0.3, -0.25) is 10.1 Å².